The van der Waals surface area contributed by atoms with Crippen LogP contribution in [0.3, 0.4) is 0 Å². The Morgan fingerprint density at radius 1 is 1.46 bits per heavy atom. The molecule has 0 spiro atoms. The van der Waals surface area contributed by atoms with Crippen molar-refractivity contribution in [1.29, 1.82) is 0 Å². The molecule has 1 aliphatic heterocycles. The average molecular weight is 353 g/mol. The van der Waals surface area contributed by atoms with E-state index in [1.165, 1.54) is 11.8 Å². The summed E-state index contributed by atoms with van der Waals surface area (Å²) >= 11 is 1.52. The summed E-state index contributed by atoms with van der Waals surface area (Å²) in [7, 11) is 2.01. The van der Waals surface area contributed by atoms with E-state index in [1.807, 2.05) is 45.0 Å². The van der Waals surface area contributed by atoms with E-state index in [1.54, 1.807) is 6.20 Å². The van der Waals surface area contributed by atoms with Crippen LogP contribution in [0.4, 0.5) is 10.6 Å². The molecule has 0 saturated carbocycles. The molecular formula is C17H28N4O2S. The van der Waals surface area contributed by atoms with Gasteiger partial charge in [-0.15, -0.1) is 0 Å². The van der Waals surface area contributed by atoms with Crippen molar-refractivity contribution in [2.45, 2.75) is 56.8 Å². The normalized spacial score (nSPS) is 18.4. The molecule has 0 bridgehead atoms. The summed E-state index contributed by atoms with van der Waals surface area (Å²) < 4.78 is 5.57. The van der Waals surface area contributed by atoms with Gasteiger partial charge in [0.15, 0.2) is 5.16 Å². The molecule has 1 aromatic rings. The van der Waals surface area contributed by atoms with Gasteiger partial charge < -0.3 is 14.5 Å². The van der Waals surface area contributed by atoms with Crippen molar-refractivity contribution in [3.8, 4) is 0 Å². The second-order valence-electron chi connectivity index (χ2n) is 7.11. The molecule has 24 heavy (non-hydrogen) atoms. The number of thioether (sulfide) groups is 1. The van der Waals surface area contributed by atoms with Gasteiger partial charge in [-0.1, -0.05) is 11.8 Å². The first-order chi connectivity index (χ1) is 11.3. The first kappa shape index (κ1) is 18.8. The molecule has 1 aromatic heterocycles. The smallest absolute Gasteiger partial charge is 0.410 e. The number of hydrogen-bond acceptors (Lipinski definition) is 6. The quantitative estimate of drug-likeness (QED) is 0.611. The Kier molecular flexibility index (Phi) is 6.32. The van der Waals surface area contributed by atoms with E-state index in [-0.39, 0.29) is 12.1 Å². The van der Waals surface area contributed by atoms with Gasteiger partial charge in [0, 0.05) is 26.3 Å². The van der Waals surface area contributed by atoms with Crippen LogP contribution in [0.1, 0.15) is 40.0 Å². The number of carbonyl (C=O) groups is 1. The van der Waals surface area contributed by atoms with Gasteiger partial charge in [-0.2, -0.15) is 0 Å². The molecular weight excluding hydrogens is 324 g/mol. The summed E-state index contributed by atoms with van der Waals surface area (Å²) in [6.07, 6.45) is 6.68. The van der Waals surface area contributed by atoms with Crippen molar-refractivity contribution in [2.75, 3.05) is 31.3 Å². The van der Waals surface area contributed by atoms with Crippen LogP contribution in [0.15, 0.2) is 17.4 Å². The van der Waals surface area contributed by atoms with Crippen LogP contribution >= 0.6 is 11.8 Å². The third-order valence-electron chi connectivity index (χ3n) is 3.93. The maximum Gasteiger partial charge on any atom is 0.410 e. The summed E-state index contributed by atoms with van der Waals surface area (Å²) in [5.41, 5.74) is -0.467. The van der Waals surface area contributed by atoms with Crippen molar-refractivity contribution in [1.82, 2.24) is 14.9 Å². The highest BCUT2D eigenvalue weighted by atomic mass is 32.2. The van der Waals surface area contributed by atoms with Crippen LogP contribution in [0.5, 0.6) is 0 Å². The zero-order chi connectivity index (χ0) is 17.7. The number of amides is 1. The van der Waals surface area contributed by atoms with Gasteiger partial charge in [-0.25, -0.2) is 14.8 Å². The Bertz CT molecular complexity index is 562. The maximum absolute atomic E-state index is 12.5. The highest BCUT2D eigenvalue weighted by molar-refractivity contribution is 7.98. The monoisotopic (exact) mass is 352 g/mol. The fraction of sp³-hybridized carbons (Fsp3) is 0.706. The number of nitrogens with zero attached hydrogens (tertiary/aromatic N) is 4. The van der Waals surface area contributed by atoms with Gasteiger partial charge in [-0.05, 0) is 52.4 Å². The summed E-state index contributed by atoms with van der Waals surface area (Å²) in [4.78, 5) is 25.2. The van der Waals surface area contributed by atoms with Gasteiger partial charge in [0.1, 0.15) is 11.4 Å². The number of rotatable bonds is 4. The minimum atomic E-state index is -0.467. The number of likely N-dealkylation sites (tertiary alicyclic amines) is 1. The van der Waals surface area contributed by atoms with Gasteiger partial charge >= 0.3 is 6.09 Å². The highest BCUT2D eigenvalue weighted by Crippen LogP contribution is 2.22. The molecule has 1 fully saturated rings. The molecule has 0 aliphatic carbocycles. The molecule has 1 saturated heterocycles. The number of piperidine rings is 1. The topological polar surface area (TPSA) is 58.6 Å². The predicted molar refractivity (Wildman–Crippen MR) is 97.7 cm³/mol. The zero-order valence-corrected chi connectivity index (χ0v) is 16.1. The minimum Gasteiger partial charge on any atom is -0.444 e. The van der Waals surface area contributed by atoms with E-state index in [2.05, 4.69) is 14.9 Å². The lowest BCUT2D eigenvalue weighted by molar-refractivity contribution is 0.0108. The summed E-state index contributed by atoms with van der Waals surface area (Å²) in [5.74, 6) is 0.879. The van der Waals surface area contributed by atoms with Crippen LogP contribution in [0.25, 0.3) is 0 Å². The fourth-order valence-corrected chi connectivity index (χ4v) is 3.15. The van der Waals surface area contributed by atoms with Gasteiger partial charge in [0.2, 0.25) is 0 Å². The highest BCUT2D eigenvalue weighted by Gasteiger charge is 2.31. The van der Waals surface area contributed by atoms with Crippen LogP contribution in [0.2, 0.25) is 0 Å². The minimum absolute atomic E-state index is 0.145. The van der Waals surface area contributed by atoms with Crippen LogP contribution in [-0.4, -0.2) is 59.0 Å². The Morgan fingerprint density at radius 3 is 2.88 bits per heavy atom. The first-order valence-electron chi connectivity index (χ1n) is 8.38. The van der Waals surface area contributed by atoms with Crippen molar-refractivity contribution in [2.24, 2.45) is 0 Å². The van der Waals surface area contributed by atoms with Gasteiger partial charge in [0.05, 0.1) is 6.04 Å². The Balaban J connectivity index is 2.05. The molecule has 2 heterocycles. The Morgan fingerprint density at radius 2 is 2.21 bits per heavy atom. The van der Waals surface area contributed by atoms with Gasteiger partial charge in [0.25, 0.3) is 0 Å². The Labute approximate surface area is 149 Å². The summed E-state index contributed by atoms with van der Waals surface area (Å²) in [6.45, 7) is 7.21. The number of hydrogen-bond donors (Lipinski definition) is 0. The third-order valence-corrected chi connectivity index (χ3v) is 4.49. The van der Waals surface area contributed by atoms with E-state index in [0.717, 1.165) is 43.3 Å². The largest absolute Gasteiger partial charge is 0.444 e. The lowest BCUT2D eigenvalue weighted by Crippen LogP contribution is -2.50. The number of likely N-dealkylation sites (N-methyl/N-ethyl adjacent to an activating group) is 1. The molecule has 134 valence electrons. The van der Waals surface area contributed by atoms with Crippen LogP contribution in [0, 0.1) is 0 Å². The SMILES string of the molecule is CSc1nccc(N(C)CC2CCCCN2C(=O)OC(C)(C)C)n1. The molecule has 2 rings (SSSR count). The fourth-order valence-electron chi connectivity index (χ4n) is 2.80. The second kappa shape index (κ2) is 8.05. The molecule has 0 radical (unpaired) electrons. The summed E-state index contributed by atoms with van der Waals surface area (Å²) in [5, 5.41) is 0.756. The van der Waals surface area contributed by atoms with E-state index in [0.29, 0.717) is 0 Å². The molecule has 1 atom stereocenters. The van der Waals surface area contributed by atoms with E-state index in [4.69, 9.17) is 4.74 Å². The number of carbonyl (C=O) groups excluding carboxylic acids is 1. The molecule has 0 N–H and O–H groups in total. The van der Waals surface area contributed by atoms with Crippen molar-refractivity contribution in [3.05, 3.63) is 12.3 Å². The molecule has 6 nitrogen and oxygen atoms in total. The third kappa shape index (κ3) is 5.26. The van der Waals surface area contributed by atoms with Crippen LogP contribution < -0.4 is 4.90 Å². The lowest BCUT2D eigenvalue weighted by Gasteiger charge is -2.38. The standard InChI is InChI=1S/C17H28N4O2S/c1-17(2,3)23-16(22)21-11-7-6-8-13(21)12-20(4)14-9-10-18-15(19-14)24-5/h9-10,13H,6-8,11-12H2,1-5H3. The Hall–Kier alpha value is -1.50. The number of ether oxygens (including phenoxy) is 1. The van der Waals surface area contributed by atoms with E-state index < -0.39 is 5.60 Å². The number of aromatic nitrogens is 2. The zero-order valence-electron chi connectivity index (χ0n) is 15.3. The second-order valence-corrected chi connectivity index (χ2v) is 7.88. The van der Waals surface area contributed by atoms with Crippen LogP contribution in [-0.2, 0) is 4.74 Å². The molecule has 1 aliphatic rings. The predicted octanol–water partition coefficient (Wildman–Crippen LogP) is 3.42. The maximum atomic E-state index is 12.5. The molecule has 7 heteroatoms. The van der Waals surface area contributed by atoms with E-state index >= 15 is 0 Å². The first-order valence-corrected chi connectivity index (χ1v) is 9.60. The molecule has 0 aromatic carbocycles. The molecule has 1 unspecified atom stereocenters. The van der Waals surface area contributed by atoms with Gasteiger partial charge in [-0.3, -0.25) is 0 Å². The summed E-state index contributed by atoms with van der Waals surface area (Å²) in [6, 6.07) is 2.05. The molecule has 1 amide bonds. The average Bonchev–Trinajstić information content (AvgIpc) is 2.53. The lowest BCUT2D eigenvalue weighted by atomic mass is 10.0. The van der Waals surface area contributed by atoms with Crippen molar-refractivity contribution in [3.63, 3.8) is 0 Å². The van der Waals surface area contributed by atoms with Crippen molar-refractivity contribution >= 4 is 23.7 Å². The van der Waals surface area contributed by atoms with Crippen molar-refractivity contribution < 1.29 is 9.53 Å². The number of anilines is 1. The van der Waals surface area contributed by atoms with E-state index in [9.17, 15) is 4.79 Å².